The molecule has 0 bridgehead atoms. The Kier molecular flexibility index (Phi) is 2.51. The lowest BCUT2D eigenvalue weighted by Crippen LogP contribution is -2.03. The number of nitrogens with zero attached hydrogens (tertiary/aromatic N) is 1. The largest absolute Gasteiger partial charge is 0.398 e. The molecular formula is C9H13N2O2+. The van der Waals surface area contributed by atoms with Crippen LogP contribution in [0, 0.1) is 18.8 Å². The summed E-state index contributed by atoms with van der Waals surface area (Å²) in [7, 11) is 1.32. The fourth-order valence-corrected chi connectivity index (χ4v) is 1.15. The monoisotopic (exact) mass is 181 g/mol. The predicted molar refractivity (Wildman–Crippen MR) is 50.6 cm³/mol. The topological polar surface area (TPSA) is 55.3 Å². The van der Waals surface area contributed by atoms with E-state index < -0.39 is 0 Å². The number of nitrogens with two attached hydrogens (primary N) is 1. The lowest BCUT2D eigenvalue weighted by atomic mass is 10.1. The minimum Gasteiger partial charge on any atom is -0.398 e. The first kappa shape index (κ1) is 9.51. The fourth-order valence-electron chi connectivity index (χ4n) is 1.15. The second kappa shape index (κ2) is 3.43. The SMILES string of the molecule is CO[N+](=O)c1ccc(C)c(N)c1C. The zero-order valence-electron chi connectivity index (χ0n) is 8.00. The Labute approximate surface area is 76.8 Å². The predicted octanol–water partition coefficient (Wildman–Crippen LogP) is 1.86. The Morgan fingerprint density at radius 1 is 1.38 bits per heavy atom. The molecule has 0 aromatic heterocycles. The zero-order valence-corrected chi connectivity index (χ0v) is 8.00. The Balaban J connectivity index is 3.26. The van der Waals surface area contributed by atoms with Crippen molar-refractivity contribution in [3.05, 3.63) is 28.2 Å². The van der Waals surface area contributed by atoms with Crippen LogP contribution in [-0.4, -0.2) is 12.0 Å². The Bertz CT molecular complexity index is 348. The van der Waals surface area contributed by atoms with E-state index in [0.29, 0.717) is 16.3 Å². The molecule has 0 heterocycles. The van der Waals surface area contributed by atoms with Crippen LogP contribution < -0.4 is 5.73 Å². The van der Waals surface area contributed by atoms with Crippen molar-refractivity contribution in [1.82, 2.24) is 0 Å². The van der Waals surface area contributed by atoms with Crippen molar-refractivity contribution < 1.29 is 9.76 Å². The van der Waals surface area contributed by atoms with Gasteiger partial charge in [-0.2, -0.15) is 0 Å². The second-order valence-corrected chi connectivity index (χ2v) is 2.88. The minimum absolute atomic E-state index is 0.450. The molecule has 0 spiro atoms. The van der Waals surface area contributed by atoms with Crippen LogP contribution in [0.3, 0.4) is 0 Å². The second-order valence-electron chi connectivity index (χ2n) is 2.88. The Morgan fingerprint density at radius 3 is 2.54 bits per heavy atom. The number of aryl methyl sites for hydroxylation is 1. The number of nitrogen functional groups attached to an aromatic ring is 1. The molecule has 0 aliphatic heterocycles. The molecular weight excluding hydrogens is 168 g/mol. The van der Waals surface area contributed by atoms with Gasteiger partial charge in [0.05, 0.1) is 10.5 Å². The van der Waals surface area contributed by atoms with Crippen molar-refractivity contribution in [3.8, 4) is 0 Å². The van der Waals surface area contributed by atoms with Gasteiger partial charge < -0.3 is 5.73 Å². The summed E-state index contributed by atoms with van der Waals surface area (Å²) in [5, 5.41) is 0. The van der Waals surface area contributed by atoms with E-state index in [9.17, 15) is 4.91 Å². The average Bonchev–Trinajstić information content (AvgIpc) is 2.13. The van der Waals surface area contributed by atoms with Gasteiger partial charge in [-0.3, -0.25) is 0 Å². The van der Waals surface area contributed by atoms with Crippen LogP contribution in [0.25, 0.3) is 0 Å². The zero-order chi connectivity index (χ0) is 10.0. The van der Waals surface area contributed by atoms with Gasteiger partial charge in [0.1, 0.15) is 0 Å². The minimum atomic E-state index is 0.450. The van der Waals surface area contributed by atoms with E-state index in [2.05, 4.69) is 4.84 Å². The molecule has 0 fully saturated rings. The fraction of sp³-hybridized carbons (Fsp3) is 0.333. The number of rotatable bonds is 2. The van der Waals surface area contributed by atoms with Gasteiger partial charge in [0.15, 0.2) is 7.11 Å². The van der Waals surface area contributed by atoms with Crippen LogP contribution in [0.2, 0.25) is 0 Å². The van der Waals surface area contributed by atoms with Gasteiger partial charge in [0, 0.05) is 11.8 Å². The Hall–Kier alpha value is -1.58. The van der Waals surface area contributed by atoms with E-state index in [4.69, 9.17) is 5.73 Å². The van der Waals surface area contributed by atoms with E-state index in [1.54, 1.807) is 19.1 Å². The third-order valence-electron chi connectivity index (χ3n) is 2.07. The van der Waals surface area contributed by atoms with E-state index >= 15 is 0 Å². The summed E-state index contributed by atoms with van der Waals surface area (Å²) in [6.07, 6.45) is 0. The van der Waals surface area contributed by atoms with Gasteiger partial charge in [-0.15, -0.1) is 0 Å². The molecule has 13 heavy (non-hydrogen) atoms. The number of hydrogen-bond acceptors (Lipinski definition) is 3. The van der Waals surface area contributed by atoms with Crippen molar-refractivity contribution in [1.29, 1.82) is 0 Å². The summed E-state index contributed by atoms with van der Waals surface area (Å²) in [4.78, 5) is 16.1. The molecule has 4 heteroatoms. The lowest BCUT2D eigenvalue weighted by molar-refractivity contribution is -0.736. The molecule has 0 atom stereocenters. The third-order valence-corrected chi connectivity index (χ3v) is 2.07. The van der Waals surface area contributed by atoms with Crippen LogP contribution >= 0.6 is 0 Å². The van der Waals surface area contributed by atoms with Crippen LogP contribution in [0.4, 0.5) is 11.4 Å². The van der Waals surface area contributed by atoms with Crippen molar-refractivity contribution in [2.45, 2.75) is 13.8 Å². The van der Waals surface area contributed by atoms with Gasteiger partial charge in [0.2, 0.25) is 0 Å². The van der Waals surface area contributed by atoms with Gasteiger partial charge >= 0.3 is 5.69 Å². The Morgan fingerprint density at radius 2 is 2.00 bits per heavy atom. The number of benzene rings is 1. The molecule has 0 unspecified atom stereocenters. The first-order chi connectivity index (χ1) is 6.07. The van der Waals surface area contributed by atoms with Gasteiger partial charge in [0.25, 0.3) is 4.92 Å². The molecule has 4 nitrogen and oxygen atoms in total. The highest BCUT2D eigenvalue weighted by atomic mass is 16.8. The van der Waals surface area contributed by atoms with Crippen LogP contribution in [0.15, 0.2) is 12.1 Å². The van der Waals surface area contributed by atoms with Crippen LogP contribution in [0.1, 0.15) is 11.1 Å². The summed E-state index contributed by atoms with van der Waals surface area (Å²) < 4.78 is 0. The van der Waals surface area contributed by atoms with Gasteiger partial charge in [-0.1, -0.05) is 6.07 Å². The highest BCUT2D eigenvalue weighted by Gasteiger charge is 2.19. The van der Waals surface area contributed by atoms with Crippen molar-refractivity contribution >= 4 is 11.4 Å². The summed E-state index contributed by atoms with van der Waals surface area (Å²) in [5.41, 5.74) is 8.55. The van der Waals surface area contributed by atoms with Crippen molar-refractivity contribution in [2.75, 3.05) is 12.8 Å². The molecule has 1 aromatic rings. The molecule has 1 rings (SSSR count). The number of hydrogen-bond donors (Lipinski definition) is 1. The highest BCUT2D eigenvalue weighted by molar-refractivity contribution is 5.61. The summed E-state index contributed by atoms with van der Waals surface area (Å²) in [6, 6.07) is 3.49. The summed E-state index contributed by atoms with van der Waals surface area (Å²) in [5.74, 6) is 0. The molecule has 70 valence electrons. The standard InChI is InChI=1S/C9H13N2O2/c1-6-4-5-8(11(12)13-3)7(2)9(6)10/h4-5H,10H2,1-3H3/q+1. The number of anilines is 1. The summed E-state index contributed by atoms with van der Waals surface area (Å²) >= 11 is 0. The normalized spacial score (nSPS) is 9.77. The van der Waals surface area contributed by atoms with Gasteiger partial charge in [-0.05, 0) is 19.4 Å². The molecule has 2 N–H and O–H groups in total. The van der Waals surface area contributed by atoms with E-state index in [0.717, 1.165) is 11.1 Å². The van der Waals surface area contributed by atoms with E-state index in [-0.39, 0.29) is 0 Å². The van der Waals surface area contributed by atoms with Gasteiger partial charge in [-0.25, -0.2) is 4.84 Å². The maximum Gasteiger partial charge on any atom is 0.321 e. The maximum atomic E-state index is 11.1. The first-order valence-corrected chi connectivity index (χ1v) is 3.95. The average molecular weight is 181 g/mol. The van der Waals surface area contributed by atoms with E-state index in [1.807, 2.05) is 6.92 Å². The molecule has 0 saturated carbocycles. The molecule has 0 aliphatic carbocycles. The van der Waals surface area contributed by atoms with Crippen LogP contribution in [0.5, 0.6) is 0 Å². The quantitative estimate of drug-likeness (QED) is 0.559. The third kappa shape index (κ3) is 1.61. The molecule has 0 radical (unpaired) electrons. The maximum absolute atomic E-state index is 11.1. The lowest BCUT2D eigenvalue weighted by Gasteiger charge is -2.02. The highest BCUT2D eigenvalue weighted by Crippen LogP contribution is 2.26. The van der Waals surface area contributed by atoms with Crippen LogP contribution in [-0.2, 0) is 4.84 Å². The van der Waals surface area contributed by atoms with Crippen molar-refractivity contribution in [2.24, 2.45) is 0 Å². The smallest absolute Gasteiger partial charge is 0.321 e. The molecule has 0 aliphatic rings. The molecule has 0 amide bonds. The molecule has 1 aromatic carbocycles. The van der Waals surface area contributed by atoms with E-state index in [1.165, 1.54) is 7.11 Å². The summed E-state index contributed by atoms with van der Waals surface area (Å²) in [6.45, 7) is 3.69. The van der Waals surface area contributed by atoms with Crippen molar-refractivity contribution in [3.63, 3.8) is 0 Å². The molecule has 0 saturated heterocycles. The first-order valence-electron chi connectivity index (χ1n) is 3.95.